The maximum Gasteiger partial charge on any atom is 0.317 e. The summed E-state index contributed by atoms with van der Waals surface area (Å²) in [6.07, 6.45) is 2.05. The number of aromatic amines is 1. The smallest absolute Gasteiger partial charge is 0.317 e. The number of nitrogens with zero attached hydrogens (tertiary/aromatic N) is 4. The first-order chi connectivity index (χ1) is 33.8. The molecule has 4 rings (SSSR count). The van der Waals surface area contributed by atoms with Crippen molar-refractivity contribution in [2.24, 2.45) is 11.7 Å². The third-order valence-corrected chi connectivity index (χ3v) is 12.3. The molecule has 23 nitrogen and oxygen atoms in total. The summed E-state index contributed by atoms with van der Waals surface area (Å²) in [5, 5.41) is 43.2. The molecule has 1 fully saturated rings. The molecule has 4 atom stereocenters. The van der Waals surface area contributed by atoms with Gasteiger partial charge in [-0.1, -0.05) is 62.7 Å². The first-order valence-electron chi connectivity index (χ1n) is 23.7. The summed E-state index contributed by atoms with van der Waals surface area (Å²) in [6, 6.07) is 11.2. The van der Waals surface area contributed by atoms with Crippen molar-refractivity contribution in [2.75, 3.05) is 78.5 Å². The van der Waals surface area contributed by atoms with E-state index >= 15 is 0 Å². The number of carbonyl (C=O) groups is 9. The van der Waals surface area contributed by atoms with E-state index in [1.807, 2.05) is 36.1 Å². The second kappa shape index (κ2) is 28.6. The molecule has 3 aromatic rings. The Morgan fingerprint density at radius 2 is 1.13 bits per heavy atom. The topological polar surface area (TPSA) is 329 Å². The number of nitrogens with one attached hydrogen (secondary N) is 6. The Bertz CT molecular complexity index is 2280. The zero-order valence-corrected chi connectivity index (χ0v) is 40.6. The Balaban J connectivity index is 1.35. The van der Waals surface area contributed by atoms with E-state index in [4.69, 9.17) is 5.73 Å². The molecule has 6 amide bonds. The van der Waals surface area contributed by atoms with Gasteiger partial charge in [-0.15, -0.1) is 0 Å². The molecule has 0 aliphatic carbocycles. The van der Waals surface area contributed by atoms with Gasteiger partial charge in [0.25, 0.3) is 0 Å². The monoisotopic (exact) mass is 992 g/mol. The maximum atomic E-state index is 13.9. The van der Waals surface area contributed by atoms with Crippen LogP contribution in [-0.4, -0.2) is 190 Å². The summed E-state index contributed by atoms with van der Waals surface area (Å²) in [4.78, 5) is 123. The van der Waals surface area contributed by atoms with E-state index in [1.54, 1.807) is 52.1 Å². The van der Waals surface area contributed by atoms with Crippen LogP contribution in [0.25, 0.3) is 10.9 Å². The maximum absolute atomic E-state index is 13.9. The Morgan fingerprint density at radius 3 is 1.61 bits per heavy atom. The fourth-order valence-electron chi connectivity index (χ4n) is 8.08. The van der Waals surface area contributed by atoms with Crippen LogP contribution < -0.4 is 32.3 Å². The Labute approximate surface area is 412 Å². The van der Waals surface area contributed by atoms with Crippen molar-refractivity contribution in [1.82, 2.24) is 51.2 Å². The minimum absolute atomic E-state index is 0.0382. The molecule has 0 radical (unpaired) electrons. The van der Waals surface area contributed by atoms with Gasteiger partial charge in [-0.05, 0) is 35.1 Å². The molecule has 0 bridgehead atoms. The van der Waals surface area contributed by atoms with Gasteiger partial charge in [0, 0.05) is 102 Å². The highest BCUT2D eigenvalue weighted by Crippen LogP contribution is 2.20. The summed E-state index contributed by atoms with van der Waals surface area (Å²) in [7, 11) is 0. The fourth-order valence-corrected chi connectivity index (χ4v) is 8.08. The summed E-state index contributed by atoms with van der Waals surface area (Å²) >= 11 is 0. The van der Waals surface area contributed by atoms with Crippen molar-refractivity contribution >= 4 is 64.3 Å². The van der Waals surface area contributed by atoms with Crippen molar-refractivity contribution in [3.05, 3.63) is 71.4 Å². The summed E-state index contributed by atoms with van der Waals surface area (Å²) in [5.41, 5.74) is 8.49. The van der Waals surface area contributed by atoms with Gasteiger partial charge in [0.2, 0.25) is 35.4 Å². The predicted octanol–water partition coefficient (Wildman–Crippen LogP) is -1.10. The third kappa shape index (κ3) is 20.1. The third-order valence-electron chi connectivity index (χ3n) is 12.3. The number of H-pyrrole nitrogens is 1. The lowest BCUT2D eigenvalue weighted by Crippen LogP contribution is -2.58. The number of rotatable bonds is 25. The van der Waals surface area contributed by atoms with Crippen LogP contribution in [0.5, 0.6) is 0 Å². The van der Waals surface area contributed by atoms with Crippen LogP contribution in [0.2, 0.25) is 0 Å². The van der Waals surface area contributed by atoms with Gasteiger partial charge < -0.3 is 52.6 Å². The number of carboxylic acids is 3. The highest BCUT2D eigenvalue weighted by atomic mass is 16.4. The minimum atomic E-state index is -1.20. The van der Waals surface area contributed by atoms with E-state index in [1.165, 1.54) is 6.92 Å². The van der Waals surface area contributed by atoms with Gasteiger partial charge in [-0.25, -0.2) is 0 Å². The van der Waals surface area contributed by atoms with Crippen LogP contribution in [0.4, 0.5) is 0 Å². The lowest BCUT2D eigenvalue weighted by atomic mass is 9.96. The first kappa shape index (κ1) is 56.6. The summed E-state index contributed by atoms with van der Waals surface area (Å²) < 4.78 is 0. The van der Waals surface area contributed by atoms with Crippen LogP contribution in [0.15, 0.2) is 54.7 Å². The molecule has 2 aromatic carbocycles. The van der Waals surface area contributed by atoms with Crippen molar-refractivity contribution in [3.8, 4) is 0 Å². The zero-order chi connectivity index (χ0) is 52.0. The molecule has 71 heavy (non-hydrogen) atoms. The number of hydrogen-bond acceptors (Lipinski definition) is 13. The van der Waals surface area contributed by atoms with E-state index < -0.39 is 71.5 Å². The largest absolute Gasteiger partial charge is 0.480 e. The number of aromatic nitrogens is 1. The number of para-hydroxylation sites is 1. The van der Waals surface area contributed by atoms with Gasteiger partial charge in [-0.2, -0.15) is 0 Å². The van der Waals surface area contributed by atoms with Crippen LogP contribution in [0.3, 0.4) is 0 Å². The summed E-state index contributed by atoms with van der Waals surface area (Å²) in [5.74, 6) is -6.85. The molecule has 1 unspecified atom stereocenters. The number of amides is 6. The van der Waals surface area contributed by atoms with Crippen molar-refractivity contribution in [1.29, 1.82) is 0 Å². The molecule has 23 heteroatoms. The van der Waals surface area contributed by atoms with Gasteiger partial charge in [0.1, 0.15) is 18.1 Å². The second-order valence-corrected chi connectivity index (χ2v) is 17.9. The number of nitrogens with two attached hydrogens (primary N) is 1. The fraction of sp³-hybridized carbons (Fsp3) is 0.521. The van der Waals surface area contributed by atoms with Gasteiger partial charge in [-0.3, -0.25) is 62.8 Å². The molecular formula is C48H69N11O12. The van der Waals surface area contributed by atoms with Crippen molar-refractivity contribution in [2.45, 2.75) is 77.7 Å². The predicted molar refractivity (Wildman–Crippen MR) is 260 cm³/mol. The average molecular weight is 992 g/mol. The van der Waals surface area contributed by atoms with Crippen LogP contribution in [0, 0.1) is 5.92 Å². The number of carboxylic acid groups (broad SMARTS) is 3. The highest BCUT2D eigenvalue weighted by Gasteiger charge is 2.33. The number of fused-ring (bicyclic) bond motifs is 1. The number of hydrogen-bond donors (Lipinski definition) is 10. The molecule has 0 spiro atoms. The molecule has 0 saturated carbocycles. The summed E-state index contributed by atoms with van der Waals surface area (Å²) in [6.45, 7) is 6.31. The standard InChI is InChI=1S/C48H69N11O12/c1-4-31(2)45(55-47(70)39(53-32(3)60)23-35-26-50-37-8-6-5-7-36(35)37)48(71)54-38(13-14-40(49)61)46(69)52-25-34-11-9-33(10-12-34)24-51-41(62)27-56-15-17-57(28-42(63)64)19-21-59(30-44(67)68)22-20-58(18-16-56)29-43(65)66/h5-12,26,31,38-39,45,50H,4,13-25,27-30H2,1-3H3,(H2,49,61)(H,51,62)(H,52,69)(H,53,60)(H,54,71)(H,55,70)(H,63,64)(H,65,66)(H,67,68)/t31?,38-,39-,45-/m0/s1. The Kier molecular flexibility index (Phi) is 22.9. The zero-order valence-electron chi connectivity index (χ0n) is 40.6. The highest BCUT2D eigenvalue weighted by molar-refractivity contribution is 5.95. The lowest BCUT2D eigenvalue weighted by Gasteiger charge is -2.32. The first-order valence-corrected chi connectivity index (χ1v) is 23.7. The van der Waals surface area contributed by atoms with E-state index in [0.29, 0.717) is 12.0 Å². The van der Waals surface area contributed by atoms with Crippen molar-refractivity contribution in [3.63, 3.8) is 0 Å². The van der Waals surface area contributed by atoms with Crippen LogP contribution in [-0.2, 0) is 62.7 Å². The van der Waals surface area contributed by atoms with Crippen LogP contribution in [0.1, 0.15) is 56.7 Å². The molecule has 1 aromatic heterocycles. The Hall–Kier alpha value is -6.95. The lowest BCUT2D eigenvalue weighted by molar-refractivity contribution is -0.140. The molecule has 1 saturated heterocycles. The molecule has 11 N–H and O–H groups in total. The Morgan fingerprint density at radius 1 is 0.634 bits per heavy atom. The van der Waals surface area contributed by atoms with Gasteiger partial charge in [0.15, 0.2) is 0 Å². The molecular weight excluding hydrogens is 923 g/mol. The van der Waals surface area contributed by atoms with E-state index in [9.17, 15) is 58.5 Å². The average Bonchev–Trinajstić information content (AvgIpc) is 3.72. The van der Waals surface area contributed by atoms with Crippen LogP contribution >= 0.6 is 0 Å². The van der Waals surface area contributed by atoms with Gasteiger partial charge in [0.05, 0.1) is 26.2 Å². The van der Waals surface area contributed by atoms with E-state index in [-0.39, 0.29) is 117 Å². The normalized spacial score (nSPS) is 16.2. The second-order valence-electron chi connectivity index (χ2n) is 17.9. The van der Waals surface area contributed by atoms with E-state index in [2.05, 4.69) is 31.6 Å². The SMILES string of the molecule is CCC(C)[C@H](NC(=O)[C@H](Cc1c[nH]c2ccccc12)NC(C)=O)C(=O)N[C@@H](CCC(N)=O)C(=O)NCc1ccc(CNC(=O)CN2CCN(CC(=O)O)CCN(CC(=O)O)CCN(CC(=O)O)CC2)cc1. The quantitative estimate of drug-likeness (QED) is 0.0482. The number of aliphatic carboxylic acids is 3. The number of carbonyl (C=O) groups excluding carboxylic acids is 6. The molecule has 388 valence electrons. The molecule has 2 heterocycles. The number of primary amides is 1. The van der Waals surface area contributed by atoms with Gasteiger partial charge >= 0.3 is 17.9 Å². The van der Waals surface area contributed by atoms with Crippen molar-refractivity contribution < 1.29 is 58.5 Å². The molecule has 1 aliphatic rings. The minimum Gasteiger partial charge on any atom is -0.480 e. The number of benzene rings is 2. The molecule has 1 aliphatic heterocycles. The van der Waals surface area contributed by atoms with E-state index in [0.717, 1.165) is 22.0 Å².